The van der Waals surface area contributed by atoms with E-state index in [-0.39, 0.29) is 5.75 Å². The van der Waals surface area contributed by atoms with Crippen molar-refractivity contribution < 1.29 is 29.6 Å². The highest BCUT2D eigenvalue weighted by molar-refractivity contribution is 8.32. The molecule has 0 bridgehead atoms. The molecule has 4 nitrogen and oxygen atoms in total. The summed E-state index contributed by atoms with van der Waals surface area (Å²) in [7, 11) is -9.96. The van der Waals surface area contributed by atoms with Gasteiger partial charge in [0.1, 0.15) is 5.76 Å². The summed E-state index contributed by atoms with van der Waals surface area (Å²) in [6, 6.07) is 3.20. The lowest BCUT2D eigenvalue weighted by atomic mass is 10.5. The number of furan rings is 1. The van der Waals surface area contributed by atoms with Gasteiger partial charge in [-0.2, -0.15) is 21.6 Å². The Morgan fingerprint density at radius 1 is 1.29 bits per heavy atom. The normalized spacial score (nSPS) is 18.2. The first-order valence-electron chi connectivity index (χ1n) is 6.03. The van der Waals surface area contributed by atoms with E-state index in [0.29, 0.717) is 11.1 Å². The zero-order valence-electron chi connectivity index (χ0n) is 12.2. The van der Waals surface area contributed by atoms with E-state index >= 15 is 0 Å². The maximum atomic E-state index is 12.6. The molecule has 10 heteroatoms. The van der Waals surface area contributed by atoms with Crippen LogP contribution in [0.1, 0.15) is 5.76 Å². The Hall–Kier alpha value is -0.453. The SMILES string of the molecule is C[Si](C)(C)CS(C)(Cc1ccco1)OS(=O)(=O)C(F)(F)F. The molecule has 0 spiro atoms. The third-order valence-corrected chi connectivity index (χ3v) is 11.7. The van der Waals surface area contributed by atoms with Crippen molar-refractivity contribution in [2.24, 2.45) is 0 Å². The molecule has 0 amide bonds. The molecule has 21 heavy (non-hydrogen) atoms. The Balaban J connectivity index is 3.08. The molecule has 0 fully saturated rings. The van der Waals surface area contributed by atoms with Gasteiger partial charge in [0, 0.05) is 0 Å². The maximum Gasteiger partial charge on any atom is 0.523 e. The molecule has 0 aliphatic carbocycles. The van der Waals surface area contributed by atoms with Gasteiger partial charge in [0.05, 0.1) is 20.1 Å². The summed E-state index contributed by atoms with van der Waals surface area (Å²) in [6.07, 6.45) is 2.85. The lowest BCUT2D eigenvalue weighted by molar-refractivity contribution is -0.0496. The van der Waals surface area contributed by atoms with E-state index in [1.54, 1.807) is 12.1 Å². The van der Waals surface area contributed by atoms with Gasteiger partial charge in [-0.3, -0.25) is 0 Å². The van der Waals surface area contributed by atoms with Crippen LogP contribution in [0.25, 0.3) is 0 Å². The molecular formula is C11H19F3O4S2Si. The maximum absolute atomic E-state index is 12.6. The predicted octanol–water partition coefficient (Wildman–Crippen LogP) is 3.87. The summed E-state index contributed by atoms with van der Waals surface area (Å²) in [5, 5.41) is 0.329. The van der Waals surface area contributed by atoms with E-state index in [2.05, 4.69) is 3.63 Å². The molecule has 1 atom stereocenters. The molecule has 1 aromatic rings. The van der Waals surface area contributed by atoms with Gasteiger partial charge >= 0.3 is 15.6 Å². The highest BCUT2D eigenvalue weighted by Crippen LogP contribution is 2.53. The summed E-state index contributed by atoms with van der Waals surface area (Å²) in [5.74, 6) is 0.461. The van der Waals surface area contributed by atoms with Gasteiger partial charge < -0.3 is 4.42 Å². The van der Waals surface area contributed by atoms with Crippen LogP contribution in [0.3, 0.4) is 0 Å². The molecule has 0 aliphatic heterocycles. The highest BCUT2D eigenvalue weighted by Gasteiger charge is 2.50. The molecule has 0 saturated heterocycles. The van der Waals surface area contributed by atoms with Crippen molar-refractivity contribution in [2.45, 2.75) is 30.9 Å². The van der Waals surface area contributed by atoms with Crippen LogP contribution in [0.5, 0.6) is 0 Å². The van der Waals surface area contributed by atoms with Crippen LogP contribution in [0.2, 0.25) is 19.6 Å². The molecular weight excluding hydrogens is 345 g/mol. The van der Waals surface area contributed by atoms with Crippen LogP contribution in [0.15, 0.2) is 22.8 Å². The number of halogens is 3. The Labute approximate surface area is 125 Å². The van der Waals surface area contributed by atoms with E-state index in [1.165, 1.54) is 12.5 Å². The minimum absolute atomic E-state index is 0.0413. The molecule has 1 aromatic heterocycles. The number of hydrogen-bond acceptors (Lipinski definition) is 4. The summed E-state index contributed by atoms with van der Waals surface area (Å²) in [4.78, 5) is 0. The van der Waals surface area contributed by atoms with E-state index in [0.717, 1.165) is 0 Å². The first-order chi connectivity index (χ1) is 9.24. The molecule has 0 aromatic carbocycles. The highest BCUT2D eigenvalue weighted by atomic mass is 32.3. The molecule has 0 saturated carbocycles. The minimum Gasteiger partial charge on any atom is -0.468 e. The third kappa shape index (κ3) is 5.68. The standard InChI is InChI=1S/C11H19F3O4S2Si/c1-19(9-21(2,3)4,8-10-6-5-7-17-10)18-20(15,16)11(12,13)14/h5-7H,8-9H2,1-4H3. The van der Waals surface area contributed by atoms with E-state index in [1.807, 2.05) is 19.6 Å². The number of rotatable bonds is 6. The van der Waals surface area contributed by atoms with Crippen molar-refractivity contribution in [1.82, 2.24) is 0 Å². The average Bonchev–Trinajstić information content (AvgIpc) is 2.62. The van der Waals surface area contributed by atoms with Crippen LogP contribution in [0, 0.1) is 0 Å². The quantitative estimate of drug-likeness (QED) is 0.568. The fourth-order valence-electron chi connectivity index (χ4n) is 1.97. The summed E-state index contributed by atoms with van der Waals surface area (Å²) < 4.78 is 70.1. The molecule has 0 N–H and O–H groups in total. The Morgan fingerprint density at radius 2 is 1.86 bits per heavy atom. The first kappa shape index (κ1) is 18.6. The van der Waals surface area contributed by atoms with Gasteiger partial charge in [0.2, 0.25) is 0 Å². The van der Waals surface area contributed by atoms with Crippen molar-refractivity contribution in [3.63, 3.8) is 0 Å². The lowest BCUT2D eigenvalue weighted by Crippen LogP contribution is -2.35. The largest absolute Gasteiger partial charge is 0.523 e. The summed E-state index contributed by atoms with van der Waals surface area (Å²) in [6.45, 7) is 5.85. The van der Waals surface area contributed by atoms with Gasteiger partial charge in [-0.05, 0) is 23.8 Å². The van der Waals surface area contributed by atoms with E-state index in [4.69, 9.17) is 4.42 Å². The van der Waals surface area contributed by atoms with Crippen LogP contribution >= 0.6 is 10.3 Å². The van der Waals surface area contributed by atoms with Crippen molar-refractivity contribution >= 4 is 28.5 Å². The smallest absolute Gasteiger partial charge is 0.468 e. The van der Waals surface area contributed by atoms with Crippen molar-refractivity contribution in [1.29, 1.82) is 0 Å². The Kier molecular flexibility index (Phi) is 5.29. The van der Waals surface area contributed by atoms with Crippen LogP contribution in [-0.2, 0) is 19.5 Å². The Morgan fingerprint density at radius 3 is 2.24 bits per heavy atom. The molecule has 1 unspecified atom stereocenters. The van der Waals surface area contributed by atoms with Crippen molar-refractivity contribution in [2.75, 3.05) is 11.6 Å². The first-order valence-corrected chi connectivity index (χ1v) is 13.4. The number of hydrogen-bond donors (Lipinski definition) is 0. The molecule has 1 heterocycles. The van der Waals surface area contributed by atoms with Crippen LogP contribution < -0.4 is 0 Å². The average molecular weight is 364 g/mol. The van der Waals surface area contributed by atoms with E-state index in [9.17, 15) is 21.6 Å². The van der Waals surface area contributed by atoms with Crippen molar-refractivity contribution in [3.8, 4) is 0 Å². The lowest BCUT2D eigenvalue weighted by Gasteiger charge is -2.38. The monoisotopic (exact) mass is 364 g/mol. The summed E-state index contributed by atoms with van der Waals surface area (Å²) in [5.41, 5.74) is -5.41. The molecule has 124 valence electrons. The second kappa shape index (κ2) is 5.97. The molecule has 0 aliphatic rings. The zero-order chi connectivity index (χ0) is 16.5. The second-order valence-electron chi connectivity index (χ2n) is 6.08. The molecule has 1 rings (SSSR count). The molecule has 0 radical (unpaired) electrons. The third-order valence-electron chi connectivity index (χ3n) is 2.30. The van der Waals surface area contributed by atoms with Crippen molar-refractivity contribution in [3.05, 3.63) is 24.2 Å². The Bertz CT molecular complexity index is 563. The second-order valence-corrected chi connectivity index (χ2v) is 16.9. The fraction of sp³-hybridized carbons (Fsp3) is 0.636. The fourth-order valence-corrected chi connectivity index (χ4v) is 13.3. The van der Waals surface area contributed by atoms with Gasteiger partial charge in [-0.15, -0.1) is 10.3 Å². The minimum atomic E-state index is -5.61. The van der Waals surface area contributed by atoms with Gasteiger partial charge in [-0.25, -0.2) is 3.63 Å². The number of alkyl halides is 3. The van der Waals surface area contributed by atoms with E-state index < -0.39 is 34.0 Å². The topological polar surface area (TPSA) is 56.5 Å². The van der Waals surface area contributed by atoms with Crippen LogP contribution in [-0.4, -0.2) is 33.6 Å². The van der Waals surface area contributed by atoms with Crippen LogP contribution in [0.4, 0.5) is 13.2 Å². The zero-order valence-corrected chi connectivity index (χ0v) is 14.9. The predicted molar refractivity (Wildman–Crippen MR) is 80.2 cm³/mol. The summed E-state index contributed by atoms with van der Waals surface area (Å²) >= 11 is 0. The van der Waals surface area contributed by atoms with Gasteiger partial charge in [-0.1, -0.05) is 19.6 Å². The van der Waals surface area contributed by atoms with Gasteiger partial charge in [0.25, 0.3) is 0 Å². The van der Waals surface area contributed by atoms with Gasteiger partial charge in [0.15, 0.2) is 0 Å².